The normalized spacial score (nSPS) is 17.9. The number of hydrogen-bond acceptors (Lipinski definition) is 6. The van der Waals surface area contributed by atoms with Crippen molar-refractivity contribution >= 4 is 35.1 Å². The maximum Gasteiger partial charge on any atom is 0.205 e. The predicted molar refractivity (Wildman–Crippen MR) is 79.2 cm³/mol. The molecule has 102 valence electrons. The molecule has 0 saturated carbocycles. The van der Waals surface area contributed by atoms with Gasteiger partial charge in [0.25, 0.3) is 0 Å². The Hall–Kier alpha value is -1.66. The van der Waals surface area contributed by atoms with Crippen LogP contribution < -0.4 is 9.47 Å². The molecule has 2 heterocycles. The van der Waals surface area contributed by atoms with Gasteiger partial charge in [-0.15, -0.1) is 0 Å². The number of methoxy groups -OCH3 is 1. The highest BCUT2D eigenvalue weighted by Crippen LogP contribution is 2.42. The van der Waals surface area contributed by atoms with Gasteiger partial charge in [-0.2, -0.15) is 0 Å². The van der Waals surface area contributed by atoms with Crippen molar-refractivity contribution < 1.29 is 19.1 Å². The van der Waals surface area contributed by atoms with E-state index in [1.807, 2.05) is 10.8 Å². The summed E-state index contributed by atoms with van der Waals surface area (Å²) >= 11 is 2.77. The molecule has 0 spiro atoms. The Morgan fingerprint density at radius 3 is 2.65 bits per heavy atom. The summed E-state index contributed by atoms with van der Waals surface area (Å²) in [5.41, 5.74) is 0.572. The monoisotopic (exact) mass is 306 g/mol. The van der Waals surface area contributed by atoms with Gasteiger partial charge in [-0.05, 0) is 29.0 Å². The van der Waals surface area contributed by atoms with Crippen molar-refractivity contribution in [3.63, 3.8) is 0 Å². The smallest absolute Gasteiger partial charge is 0.205 e. The van der Waals surface area contributed by atoms with E-state index in [-0.39, 0.29) is 23.7 Å². The van der Waals surface area contributed by atoms with Gasteiger partial charge in [0.2, 0.25) is 11.6 Å². The van der Waals surface area contributed by atoms with Crippen LogP contribution in [0.5, 0.6) is 11.5 Å². The molecule has 2 aliphatic heterocycles. The Morgan fingerprint density at radius 1 is 1.20 bits per heavy atom. The summed E-state index contributed by atoms with van der Waals surface area (Å²) < 4.78 is 11.3. The van der Waals surface area contributed by atoms with Crippen LogP contribution in [0.1, 0.15) is 10.4 Å². The van der Waals surface area contributed by atoms with Crippen molar-refractivity contribution in [3.05, 3.63) is 44.4 Å². The van der Waals surface area contributed by atoms with E-state index in [9.17, 15) is 9.59 Å². The number of ketones is 2. The van der Waals surface area contributed by atoms with Gasteiger partial charge in [0, 0.05) is 0 Å². The SMILES string of the molecule is COc1ccc2c(c1)C(=O)C(=C1SC=CS1)C(=O)CO2. The van der Waals surface area contributed by atoms with Crippen molar-refractivity contribution in [2.24, 2.45) is 0 Å². The molecule has 0 N–H and O–H groups in total. The Kier molecular flexibility index (Phi) is 3.58. The van der Waals surface area contributed by atoms with Crippen LogP contribution in [0.4, 0.5) is 0 Å². The summed E-state index contributed by atoms with van der Waals surface area (Å²) in [5, 5.41) is 3.71. The zero-order valence-electron chi connectivity index (χ0n) is 10.5. The van der Waals surface area contributed by atoms with E-state index in [0.29, 0.717) is 21.3 Å². The lowest BCUT2D eigenvalue weighted by atomic mass is 10.0. The van der Waals surface area contributed by atoms with Gasteiger partial charge < -0.3 is 9.47 Å². The first-order chi connectivity index (χ1) is 9.70. The Bertz CT molecular complexity index is 651. The molecule has 0 bridgehead atoms. The molecule has 3 rings (SSSR count). The zero-order chi connectivity index (χ0) is 14.1. The number of hydrogen-bond donors (Lipinski definition) is 0. The highest BCUT2D eigenvalue weighted by atomic mass is 32.2. The molecule has 2 aliphatic rings. The Labute approximate surface area is 124 Å². The highest BCUT2D eigenvalue weighted by Gasteiger charge is 2.31. The topological polar surface area (TPSA) is 52.6 Å². The number of Topliss-reactive ketones (excluding diaryl/α,β-unsaturated/α-hetero) is 2. The van der Waals surface area contributed by atoms with E-state index in [0.717, 1.165) is 0 Å². The molecule has 0 saturated heterocycles. The molecule has 4 nitrogen and oxygen atoms in total. The molecule has 0 atom stereocenters. The van der Waals surface area contributed by atoms with Crippen molar-refractivity contribution in [2.75, 3.05) is 13.7 Å². The lowest BCUT2D eigenvalue weighted by molar-refractivity contribution is -0.116. The largest absolute Gasteiger partial charge is 0.497 e. The Balaban J connectivity index is 2.12. The van der Waals surface area contributed by atoms with E-state index in [1.165, 1.54) is 30.6 Å². The lowest BCUT2D eigenvalue weighted by Gasteiger charge is -2.07. The third-order valence-corrected chi connectivity index (χ3v) is 5.04. The predicted octanol–water partition coefficient (Wildman–Crippen LogP) is 3.00. The summed E-state index contributed by atoms with van der Waals surface area (Å²) in [6, 6.07) is 4.96. The molecular weight excluding hydrogens is 296 g/mol. The van der Waals surface area contributed by atoms with Crippen molar-refractivity contribution in [1.82, 2.24) is 0 Å². The number of fused-ring (bicyclic) bond motifs is 1. The number of thioether (sulfide) groups is 2. The summed E-state index contributed by atoms with van der Waals surface area (Å²) in [6.45, 7) is -0.120. The number of rotatable bonds is 1. The van der Waals surface area contributed by atoms with Crippen molar-refractivity contribution in [1.29, 1.82) is 0 Å². The molecule has 0 aliphatic carbocycles. The van der Waals surface area contributed by atoms with Crippen LogP contribution in [0.25, 0.3) is 0 Å². The maximum absolute atomic E-state index is 12.6. The first-order valence-corrected chi connectivity index (χ1v) is 7.58. The first kappa shape index (κ1) is 13.3. The van der Waals surface area contributed by atoms with Gasteiger partial charge in [0.05, 0.1) is 22.5 Å². The molecule has 0 fully saturated rings. The van der Waals surface area contributed by atoms with Gasteiger partial charge in [0.1, 0.15) is 11.5 Å². The molecule has 0 radical (unpaired) electrons. The standard InChI is InChI=1S/C14H10O4S2/c1-17-8-2-3-11-9(6-8)13(16)12(10(15)7-18-11)14-19-4-5-20-14/h2-6H,7H2,1H3. The third-order valence-electron chi connectivity index (χ3n) is 2.91. The first-order valence-electron chi connectivity index (χ1n) is 5.82. The van der Waals surface area contributed by atoms with Crippen molar-refractivity contribution in [2.45, 2.75) is 0 Å². The van der Waals surface area contributed by atoms with Crippen molar-refractivity contribution in [3.8, 4) is 11.5 Å². The third kappa shape index (κ3) is 2.25. The second-order valence-electron chi connectivity index (χ2n) is 4.07. The quantitative estimate of drug-likeness (QED) is 0.587. The minimum Gasteiger partial charge on any atom is -0.497 e. The second-order valence-corrected chi connectivity index (χ2v) is 6.16. The molecule has 0 aromatic heterocycles. The van der Waals surface area contributed by atoms with Gasteiger partial charge in [-0.3, -0.25) is 9.59 Å². The van der Waals surface area contributed by atoms with Gasteiger partial charge >= 0.3 is 0 Å². The molecular formula is C14H10O4S2. The van der Waals surface area contributed by atoms with Crippen LogP contribution in [-0.2, 0) is 4.79 Å². The van der Waals surface area contributed by atoms with Crippen LogP contribution in [0.3, 0.4) is 0 Å². The fourth-order valence-electron chi connectivity index (χ4n) is 1.95. The van der Waals surface area contributed by atoms with Crippen LogP contribution >= 0.6 is 23.5 Å². The highest BCUT2D eigenvalue weighted by molar-refractivity contribution is 8.27. The minimum absolute atomic E-state index is 0.120. The molecule has 6 heteroatoms. The number of carbonyl (C=O) groups excluding carboxylic acids is 2. The average molecular weight is 306 g/mol. The van der Waals surface area contributed by atoms with E-state index in [4.69, 9.17) is 9.47 Å². The summed E-state index contributed by atoms with van der Waals surface area (Å²) in [4.78, 5) is 24.8. The number of benzene rings is 1. The lowest BCUT2D eigenvalue weighted by Crippen LogP contribution is -2.16. The average Bonchev–Trinajstić information content (AvgIpc) is 2.95. The van der Waals surface area contributed by atoms with Gasteiger partial charge in [-0.25, -0.2) is 0 Å². The summed E-state index contributed by atoms with van der Waals surface area (Å²) in [5.74, 6) is 0.383. The zero-order valence-corrected chi connectivity index (χ0v) is 12.2. The maximum atomic E-state index is 12.6. The molecule has 0 amide bonds. The van der Waals surface area contributed by atoms with E-state index >= 15 is 0 Å². The summed E-state index contributed by atoms with van der Waals surface area (Å²) in [7, 11) is 1.53. The van der Waals surface area contributed by atoms with E-state index in [2.05, 4.69) is 0 Å². The fraction of sp³-hybridized carbons (Fsp3) is 0.143. The van der Waals surface area contributed by atoms with Crippen LogP contribution in [0.15, 0.2) is 38.8 Å². The van der Waals surface area contributed by atoms with Crippen LogP contribution in [0.2, 0.25) is 0 Å². The van der Waals surface area contributed by atoms with E-state index in [1.54, 1.807) is 18.2 Å². The Morgan fingerprint density at radius 2 is 1.95 bits per heavy atom. The van der Waals surface area contributed by atoms with Crippen LogP contribution in [-0.4, -0.2) is 25.3 Å². The molecule has 1 aromatic carbocycles. The molecule has 1 aromatic rings. The summed E-state index contributed by atoms with van der Waals surface area (Å²) in [6.07, 6.45) is 0. The molecule has 20 heavy (non-hydrogen) atoms. The second kappa shape index (κ2) is 5.38. The fourth-order valence-corrected chi connectivity index (χ4v) is 3.84. The minimum atomic E-state index is -0.305. The van der Waals surface area contributed by atoms with E-state index < -0.39 is 0 Å². The van der Waals surface area contributed by atoms with Crippen LogP contribution in [0, 0.1) is 0 Å². The number of carbonyl (C=O) groups is 2. The number of ether oxygens (including phenoxy) is 2. The molecule has 0 unspecified atom stereocenters. The van der Waals surface area contributed by atoms with Gasteiger partial charge in [-0.1, -0.05) is 23.5 Å². The van der Waals surface area contributed by atoms with Gasteiger partial charge in [0.15, 0.2) is 6.61 Å².